The molecule has 0 saturated heterocycles. The summed E-state index contributed by atoms with van der Waals surface area (Å²) in [5.41, 5.74) is 0.664. The quantitative estimate of drug-likeness (QED) is 0.526. The van der Waals surface area contributed by atoms with Crippen molar-refractivity contribution in [2.24, 2.45) is 0 Å². The van der Waals surface area contributed by atoms with Crippen LogP contribution in [0.15, 0.2) is 24.5 Å². The van der Waals surface area contributed by atoms with E-state index in [-0.39, 0.29) is 5.78 Å². The smallest absolute Gasteiger partial charge is 0.161 e. The number of hydrogen-bond donors (Lipinski definition) is 0. The van der Waals surface area contributed by atoms with Gasteiger partial charge in [-0.3, -0.25) is 9.78 Å². The zero-order valence-corrected chi connectivity index (χ0v) is 5.16. The van der Waals surface area contributed by atoms with Crippen molar-refractivity contribution in [1.82, 2.24) is 4.98 Å². The maximum Gasteiger partial charge on any atom is 0.161 e. The van der Waals surface area contributed by atoms with Crippen molar-refractivity contribution >= 4 is 5.78 Å². The predicted octanol–water partition coefficient (Wildman–Crippen LogP) is 1.28. The second-order valence-electron chi connectivity index (χ2n) is 1.80. The van der Waals surface area contributed by atoms with Crippen molar-refractivity contribution in [1.29, 1.82) is 0 Å². The number of carbonyl (C=O) groups excluding carboxylic acids is 1. The number of carbonyl (C=O) groups is 1. The van der Waals surface area contributed by atoms with Crippen molar-refractivity contribution in [2.45, 2.75) is 6.92 Å². The lowest BCUT2D eigenvalue weighted by Gasteiger charge is -1.88. The summed E-state index contributed by atoms with van der Waals surface area (Å²) in [5, 5.41) is 0. The van der Waals surface area contributed by atoms with Gasteiger partial charge in [0.1, 0.15) is 0 Å². The minimum atomic E-state index is 0.0584. The number of pyridine rings is 1. The minimum absolute atomic E-state index is 0.0584. The number of aromatic nitrogens is 1. The highest BCUT2D eigenvalue weighted by atomic mass is 16.1. The van der Waals surface area contributed by atoms with E-state index in [2.05, 4.69) is 4.98 Å². The molecule has 0 aliphatic carbocycles. The first-order valence-corrected chi connectivity index (χ1v) is 2.71. The average molecular weight is 123 g/mol. The Morgan fingerprint density at radius 2 is 2.44 bits per heavy atom. The van der Waals surface area contributed by atoms with Gasteiger partial charge in [0, 0.05) is 18.0 Å². The Hall–Kier alpha value is -1.18. The van der Waals surface area contributed by atoms with Crippen LogP contribution in [0.5, 0.6) is 0 Å². The van der Waals surface area contributed by atoms with E-state index in [1.807, 2.05) is 0 Å². The van der Waals surface area contributed by atoms with Crippen molar-refractivity contribution in [2.75, 3.05) is 0 Å². The summed E-state index contributed by atoms with van der Waals surface area (Å²) in [5.74, 6) is 0.0584. The molecule has 0 aromatic carbocycles. The summed E-state index contributed by atoms with van der Waals surface area (Å²) < 4.78 is 0. The highest BCUT2D eigenvalue weighted by molar-refractivity contribution is 5.93. The van der Waals surface area contributed by atoms with Gasteiger partial charge in [0.25, 0.3) is 0 Å². The van der Waals surface area contributed by atoms with Gasteiger partial charge in [-0.25, -0.2) is 0 Å². The summed E-state index contributed by atoms with van der Waals surface area (Å²) in [7, 11) is 0. The van der Waals surface area contributed by atoms with Crippen LogP contribution in [-0.2, 0) is 0 Å². The Labute approximate surface area is 53.5 Å². The third-order valence-corrected chi connectivity index (χ3v) is 1.07. The van der Waals surface area contributed by atoms with E-state index in [4.69, 9.17) is 0 Å². The summed E-state index contributed by atoms with van der Waals surface area (Å²) >= 11 is 0. The Kier molecular flexibility index (Phi) is 1.58. The van der Waals surface area contributed by atoms with Crippen LogP contribution in [0.25, 0.3) is 0 Å². The molecule has 2 heteroatoms. The molecule has 0 aliphatic heterocycles. The largest absolute Gasteiger partial charge is 0.294 e. The first-order valence-electron chi connectivity index (χ1n) is 2.71. The monoisotopic (exact) mass is 123 g/mol. The van der Waals surface area contributed by atoms with Crippen LogP contribution in [0.3, 0.4) is 0 Å². The highest BCUT2D eigenvalue weighted by Gasteiger charge is 1.93. The van der Waals surface area contributed by atoms with Crippen LogP contribution in [0.2, 0.25) is 0 Å². The molecule has 1 heterocycles. The standard InChI is InChI=1S/C7H7NO/c1-6(9)7-3-2-4-8-5-7/h2-5H,1H3/i5+1,7+1. The topological polar surface area (TPSA) is 30.0 Å². The zero-order valence-electron chi connectivity index (χ0n) is 5.16. The van der Waals surface area contributed by atoms with Gasteiger partial charge in [0.05, 0.1) is 0 Å². The lowest BCUT2D eigenvalue weighted by molar-refractivity contribution is 0.101. The van der Waals surface area contributed by atoms with E-state index < -0.39 is 0 Å². The van der Waals surface area contributed by atoms with Crippen LogP contribution in [0.4, 0.5) is 0 Å². The van der Waals surface area contributed by atoms with Crippen molar-refractivity contribution in [3.8, 4) is 0 Å². The molecule has 0 bridgehead atoms. The highest BCUT2D eigenvalue weighted by Crippen LogP contribution is 1.94. The van der Waals surface area contributed by atoms with Crippen LogP contribution in [0.1, 0.15) is 17.3 Å². The lowest BCUT2D eigenvalue weighted by Crippen LogP contribution is -1.90. The number of hydrogen-bond acceptors (Lipinski definition) is 2. The number of Topliss-reactive ketones (excluding diaryl/α,β-unsaturated/α-hetero) is 1. The second kappa shape index (κ2) is 2.40. The van der Waals surface area contributed by atoms with Gasteiger partial charge >= 0.3 is 0 Å². The van der Waals surface area contributed by atoms with Crippen molar-refractivity contribution in [3.63, 3.8) is 0 Å². The molecule has 46 valence electrons. The number of rotatable bonds is 1. The number of ketones is 1. The van der Waals surface area contributed by atoms with E-state index >= 15 is 0 Å². The summed E-state index contributed by atoms with van der Waals surface area (Å²) in [6, 6.07) is 3.49. The summed E-state index contributed by atoms with van der Waals surface area (Å²) in [6.45, 7) is 1.52. The van der Waals surface area contributed by atoms with Crippen LogP contribution < -0.4 is 0 Å². The molecule has 0 aliphatic rings. The predicted molar refractivity (Wildman–Crippen MR) is 34.2 cm³/mol. The van der Waals surface area contributed by atoms with E-state index in [1.165, 1.54) is 6.92 Å². The SMILES string of the molecule is CC(=O)[13c]1cccn[13cH]1. The molecule has 1 aromatic heterocycles. The molecular formula is C7H7NO. The third-order valence-electron chi connectivity index (χ3n) is 1.07. The first kappa shape index (κ1) is 5.95. The fourth-order valence-electron chi connectivity index (χ4n) is 0.571. The van der Waals surface area contributed by atoms with Gasteiger partial charge in [0.2, 0.25) is 0 Å². The molecule has 1 aromatic rings. The molecule has 0 radical (unpaired) electrons. The fourth-order valence-corrected chi connectivity index (χ4v) is 0.571. The summed E-state index contributed by atoms with van der Waals surface area (Å²) in [4.78, 5) is 14.4. The molecule has 0 spiro atoms. The van der Waals surface area contributed by atoms with Gasteiger partial charge in [-0.15, -0.1) is 0 Å². The Morgan fingerprint density at radius 3 is 2.78 bits per heavy atom. The lowest BCUT2D eigenvalue weighted by atomic mass is 10.5. The minimum Gasteiger partial charge on any atom is -0.294 e. The molecule has 0 fully saturated rings. The average Bonchev–Trinajstić information content (AvgIpc) is 1.90. The molecule has 0 unspecified atom stereocenters. The third kappa shape index (κ3) is 1.35. The Bertz CT molecular complexity index is 205. The Balaban J connectivity index is 2.98. The van der Waals surface area contributed by atoms with Gasteiger partial charge in [-0.1, -0.05) is 0 Å². The van der Waals surface area contributed by atoms with Crippen molar-refractivity contribution < 1.29 is 4.79 Å². The van der Waals surface area contributed by atoms with Gasteiger partial charge in [-0.05, 0) is 19.1 Å². The van der Waals surface area contributed by atoms with E-state index in [0.29, 0.717) is 5.56 Å². The van der Waals surface area contributed by atoms with E-state index in [0.717, 1.165) is 0 Å². The second-order valence-corrected chi connectivity index (χ2v) is 1.80. The van der Waals surface area contributed by atoms with Gasteiger partial charge in [-0.2, -0.15) is 0 Å². The Morgan fingerprint density at radius 1 is 1.67 bits per heavy atom. The molecule has 0 atom stereocenters. The van der Waals surface area contributed by atoms with Crippen LogP contribution >= 0.6 is 0 Å². The van der Waals surface area contributed by atoms with Crippen molar-refractivity contribution in [3.05, 3.63) is 30.1 Å². The van der Waals surface area contributed by atoms with Gasteiger partial charge in [0.15, 0.2) is 5.78 Å². The summed E-state index contributed by atoms with van der Waals surface area (Å²) in [6.07, 6.45) is 3.20. The molecule has 0 amide bonds. The van der Waals surface area contributed by atoms with E-state index in [1.54, 1.807) is 24.5 Å². The fraction of sp³-hybridized carbons (Fsp3) is 0.143. The zero-order chi connectivity index (χ0) is 6.69. The maximum absolute atomic E-state index is 10.6. The molecular weight excluding hydrogens is 116 g/mol. The normalized spacial score (nSPS) is 9.00. The van der Waals surface area contributed by atoms with E-state index in [9.17, 15) is 4.79 Å². The molecule has 1 rings (SSSR count). The number of nitrogens with zero attached hydrogens (tertiary/aromatic N) is 1. The molecule has 2 nitrogen and oxygen atoms in total. The molecule has 9 heavy (non-hydrogen) atoms. The van der Waals surface area contributed by atoms with Gasteiger partial charge < -0.3 is 0 Å². The van der Waals surface area contributed by atoms with Crippen LogP contribution in [-0.4, -0.2) is 10.8 Å². The van der Waals surface area contributed by atoms with Crippen LogP contribution in [0, 0.1) is 0 Å². The maximum atomic E-state index is 10.6. The molecule has 0 N–H and O–H groups in total. The molecule has 0 saturated carbocycles. The first-order chi connectivity index (χ1) is 4.30.